The van der Waals surface area contributed by atoms with Gasteiger partial charge in [0.2, 0.25) is 0 Å². The van der Waals surface area contributed by atoms with E-state index >= 15 is 0 Å². The largest absolute Gasteiger partial charge is 0.367 e. The van der Waals surface area contributed by atoms with Crippen molar-refractivity contribution < 1.29 is 0 Å². The number of aromatic nitrogens is 2. The zero-order valence-electron chi connectivity index (χ0n) is 14.2. The van der Waals surface area contributed by atoms with Crippen molar-refractivity contribution in [3.63, 3.8) is 0 Å². The molecule has 1 aliphatic rings. The predicted octanol–water partition coefficient (Wildman–Crippen LogP) is 3.00. The molecule has 0 saturated heterocycles. The number of nitrogens with one attached hydrogen (secondary N) is 2. The van der Waals surface area contributed by atoms with Gasteiger partial charge in [-0.15, -0.1) is 0 Å². The van der Waals surface area contributed by atoms with Crippen molar-refractivity contribution in [3.8, 4) is 6.07 Å². The van der Waals surface area contributed by atoms with Crippen molar-refractivity contribution >= 4 is 22.4 Å². The number of nitriles is 1. The van der Waals surface area contributed by atoms with Gasteiger partial charge in [0.05, 0.1) is 0 Å². The molecule has 1 aliphatic carbocycles. The molecule has 24 heavy (non-hydrogen) atoms. The van der Waals surface area contributed by atoms with Crippen LogP contribution in [-0.2, 0) is 0 Å². The molecule has 2 atom stereocenters. The van der Waals surface area contributed by atoms with Gasteiger partial charge in [0.15, 0.2) is 0 Å². The van der Waals surface area contributed by atoms with Gasteiger partial charge >= 0.3 is 0 Å². The Labute approximate surface area is 142 Å². The molecule has 1 saturated carbocycles. The molecule has 1 fully saturated rings. The number of anilines is 2. The van der Waals surface area contributed by atoms with Crippen LogP contribution in [-0.4, -0.2) is 28.1 Å². The summed E-state index contributed by atoms with van der Waals surface area (Å²) in [5.74, 6) is 1.53. The minimum absolute atomic E-state index is 0.170. The lowest BCUT2D eigenvalue weighted by molar-refractivity contribution is 0.403. The molecule has 2 heterocycles. The number of nitrogens with two attached hydrogens (primary N) is 1. The second-order valence-corrected chi connectivity index (χ2v) is 6.76. The Morgan fingerprint density at radius 3 is 2.79 bits per heavy atom. The van der Waals surface area contributed by atoms with E-state index in [2.05, 4.69) is 26.7 Å². The van der Waals surface area contributed by atoms with Crippen molar-refractivity contribution in [1.29, 1.82) is 5.26 Å². The molecule has 0 aliphatic heterocycles. The zero-order chi connectivity index (χ0) is 17.1. The third-order valence-electron chi connectivity index (χ3n) is 4.41. The third-order valence-corrected chi connectivity index (χ3v) is 4.41. The fourth-order valence-corrected chi connectivity index (χ4v) is 3.19. The maximum atomic E-state index is 9.17. The van der Waals surface area contributed by atoms with Crippen LogP contribution in [0.15, 0.2) is 18.3 Å². The van der Waals surface area contributed by atoms with Crippen molar-refractivity contribution in [2.75, 3.05) is 10.6 Å². The molecule has 3 rings (SSSR count). The molecule has 0 aromatic carbocycles. The number of hydrogen-bond acceptors (Lipinski definition) is 6. The van der Waals surface area contributed by atoms with E-state index in [1.165, 1.54) is 12.8 Å². The van der Waals surface area contributed by atoms with Crippen LogP contribution in [0.25, 0.3) is 10.8 Å². The van der Waals surface area contributed by atoms with Crippen LogP contribution < -0.4 is 16.4 Å². The first-order valence-electron chi connectivity index (χ1n) is 8.56. The molecule has 6 heteroatoms. The van der Waals surface area contributed by atoms with Crippen molar-refractivity contribution in [3.05, 3.63) is 24.0 Å². The van der Waals surface area contributed by atoms with Gasteiger partial charge in [-0.2, -0.15) is 5.26 Å². The molecule has 2 aromatic heterocycles. The SMILES string of the molecule is CC(C)Nc1nc(C#N)cc2cnc(NC3CCCCC3N)cc12. The minimum atomic E-state index is 0.170. The fourth-order valence-electron chi connectivity index (χ4n) is 3.19. The highest BCUT2D eigenvalue weighted by Crippen LogP contribution is 2.27. The molecule has 0 amide bonds. The van der Waals surface area contributed by atoms with Gasteiger partial charge in [-0.05, 0) is 38.8 Å². The smallest absolute Gasteiger partial charge is 0.143 e. The van der Waals surface area contributed by atoms with Crippen LogP contribution in [0.5, 0.6) is 0 Å². The summed E-state index contributed by atoms with van der Waals surface area (Å²) in [6.45, 7) is 4.10. The lowest BCUT2D eigenvalue weighted by Gasteiger charge is -2.29. The molecule has 4 N–H and O–H groups in total. The number of nitrogens with zero attached hydrogens (tertiary/aromatic N) is 3. The Kier molecular flexibility index (Phi) is 4.81. The van der Waals surface area contributed by atoms with Crippen molar-refractivity contribution in [2.24, 2.45) is 5.73 Å². The Morgan fingerprint density at radius 1 is 1.29 bits per heavy atom. The number of fused-ring (bicyclic) bond motifs is 1. The zero-order valence-corrected chi connectivity index (χ0v) is 14.2. The Bertz CT molecular complexity index is 764. The van der Waals surface area contributed by atoms with E-state index in [0.717, 1.165) is 35.2 Å². The Balaban J connectivity index is 1.95. The first-order chi connectivity index (χ1) is 11.6. The molecule has 0 spiro atoms. The number of rotatable bonds is 4. The highest BCUT2D eigenvalue weighted by molar-refractivity contribution is 5.93. The van der Waals surface area contributed by atoms with Gasteiger partial charge in [-0.25, -0.2) is 9.97 Å². The summed E-state index contributed by atoms with van der Waals surface area (Å²) in [4.78, 5) is 8.91. The second kappa shape index (κ2) is 7.02. The topological polar surface area (TPSA) is 99.6 Å². The van der Waals surface area contributed by atoms with Crippen LogP contribution >= 0.6 is 0 Å². The van der Waals surface area contributed by atoms with Gasteiger partial charge in [-0.3, -0.25) is 0 Å². The number of pyridine rings is 2. The van der Waals surface area contributed by atoms with E-state index in [9.17, 15) is 0 Å². The van der Waals surface area contributed by atoms with Crippen LogP contribution in [0.1, 0.15) is 45.2 Å². The van der Waals surface area contributed by atoms with Crippen LogP contribution in [0.3, 0.4) is 0 Å². The second-order valence-electron chi connectivity index (χ2n) is 6.76. The fraction of sp³-hybridized carbons (Fsp3) is 0.500. The summed E-state index contributed by atoms with van der Waals surface area (Å²) in [7, 11) is 0. The Morgan fingerprint density at radius 2 is 2.08 bits per heavy atom. The van der Waals surface area contributed by atoms with E-state index in [1.807, 2.05) is 19.9 Å². The first-order valence-corrected chi connectivity index (χ1v) is 8.56. The average molecular weight is 324 g/mol. The van der Waals surface area contributed by atoms with Gasteiger partial charge in [-0.1, -0.05) is 12.8 Å². The highest BCUT2D eigenvalue weighted by Gasteiger charge is 2.22. The van der Waals surface area contributed by atoms with Crippen LogP contribution in [0.4, 0.5) is 11.6 Å². The van der Waals surface area contributed by atoms with E-state index in [-0.39, 0.29) is 18.1 Å². The molecule has 126 valence electrons. The lowest BCUT2D eigenvalue weighted by atomic mass is 9.91. The van der Waals surface area contributed by atoms with Crippen LogP contribution in [0.2, 0.25) is 0 Å². The normalized spacial score (nSPS) is 20.8. The molecule has 6 nitrogen and oxygen atoms in total. The maximum Gasteiger partial charge on any atom is 0.143 e. The van der Waals surface area contributed by atoms with E-state index < -0.39 is 0 Å². The monoisotopic (exact) mass is 324 g/mol. The average Bonchev–Trinajstić information content (AvgIpc) is 2.56. The molecular weight excluding hydrogens is 300 g/mol. The van der Waals surface area contributed by atoms with Crippen molar-refractivity contribution in [1.82, 2.24) is 9.97 Å². The Hall–Kier alpha value is -2.39. The quantitative estimate of drug-likeness (QED) is 0.799. The van der Waals surface area contributed by atoms with Crippen molar-refractivity contribution in [2.45, 2.75) is 57.7 Å². The molecule has 0 bridgehead atoms. The third kappa shape index (κ3) is 3.57. The van der Waals surface area contributed by atoms with Crippen LogP contribution in [0, 0.1) is 11.3 Å². The molecule has 2 aromatic rings. The van der Waals surface area contributed by atoms with Gasteiger partial charge in [0.1, 0.15) is 23.4 Å². The minimum Gasteiger partial charge on any atom is -0.367 e. The predicted molar refractivity (Wildman–Crippen MR) is 96.9 cm³/mol. The van der Waals surface area contributed by atoms with E-state index in [0.29, 0.717) is 5.69 Å². The summed E-state index contributed by atoms with van der Waals surface area (Å²) in [5.41, 5.74) is 6.61. The highest BCUT2D eigenvalue weighted by atomic mass is 15.0. The summed E-state index contributed by atoms with van der Waals surface area (Å²) in [6, 6.07) is 6.53. The van der Waals surface area contributed by atoms with Gasteiger partial charge in [0, 0.05) is 35.1 Å². The summed E-state index contributed by atoms with van der Waals surface area (Å²) >= 11 is 0. The number of hydrogen-bond donors (Lipinski definition) is 3. The van der Waals surface area contributed by atoms with E-state index in [1.54, 1.807) is 12.3 Å². The van der Waals surface area contributed by atoms with Gasteiger partial charge in [0.25, 0.3) is 0 Å². The summed E-state index contributed by atoms with van der Waals surface area (Å²) in [5, 5.41) is 17.8. The molecule has 2 unspecified atom stereocenters. The maximum absolute atomic E-state index is 9.17. The van der Waals surface area contributed by atoms with E-state index in [4.69, 9.17) is 11.0 Å². The first kappa shape index (κ1) is 16.5. The molecular formula is C18H24N6. The lowest BCUT2D eigenvalue weighted by Crippen LogP contribution is -2.42. The van der Waals surface area contributed by atoms with Gasteiger partial charge < -0.3 is 16.4 Å². The molecule has 0 radical (unpaired) electrons. The standard InChI is InChI=1S/C18H24N6/c1-11(2)22-18-14-8-17(24-16-6-4-3-5-15(16)20)21-10-12(14)7-13(9-19)23-18/h7-8,10-11,15-16H,3-6,20H2,1-2H3,(H,21,24)(H,22,23). The summed E-state index contributed by atoms with van der Waals surface area (Å²) < 4.78 is 0. The summed E-state index contributed by atoms with van der Waals surface area (Å²) in [6.07, 6.45) is 6.32.